The quantitative estimate of drug-likeness (QED) is 0.642. The molecule has 0 aromatic carbocycles. The molecule has 1 N–H and O–H groups in total. The molecule has 0 aliphatic rings. The van der Waals surface area contributed by atoms with Crippen LogP contribution in [0.4, 0.5) is 13.2 Å². The summed E-state index contributed by atoms with van der Waals surface area (Å²) in [5.41, 5.74) is 0.0821. The van der Waals surface area contributed by atoms with Crippen LogP contribution in [0.1, 0.15) is 53.4 Å². The van der Waals surface area contributed by atoms with Gasteiger partial charge in [0.1, 0.15) is 6.61 Å². The van der Waals surface area contributed by atoms with Gasteiger partial charge in [-0.05, 0) is 52.5 Å². The molecule has 0 saturated heterocycles. The number of hydrogen-bond acceptors (Lipinski definition) is 2. The molecule has 0 aromatic rings. The molecule has 0 bridgehead atoms. The smallest absolute Gasteiger partial charge is 0.372 e. The first-order valence-corrected chi connectivity index (χ1v) is 7.03. The molecule has 0 radical (unpaired) electrons. The van der Waals surface area contributed by atoms with Gasteiger partial charge in [-0.1, -0.05) is 13.3 Å². The van der Waals surface area contributed by atoms with Crippen molar-refractivity contribution in [3.05, 3.63) is 0 Å². The maximum atomic E-state index is 11.9. The molecule has 0 aliphatic carbocycles. The molecule has 19 heavy (non-hydrogen) atoms. The Labute approximate surface area is 115 Å². The third-order valence-electron chi connectivity index (χ3n) is 2.78. The van der Waals surface area contributed by atoms with Crippen molar-refractivity contribution in [2.24, 2.45) is 5.92 Å². The van der Waals surface area contributed by atoms with Crippen LogP contribution in [0.2, 0.25) is 0 Å². The summed E-state index contributed by atoms with van der Waals surface area (Å²) < 4.78 is 40.3. The average molecular weight is 283 g/mol. The minimum atomic E-state index is -4.21. The highest BCUT2D eigenvalue weighted by molar-refractivity contribution is 4.73. The highest BCUT2D eigenvalue weighted by atomic mass is 19.4. The van der Waals surface area contributed by atoms with E-state index in [0.717, 1.165) is 25.8 Å². The second-order valence-corrected chi connectivity index (χ2v) is 6.10. The van der Waals surface area contributed by atoms with Crippen molar-refractivity contribution < 1.29 is 17.9 Å². The maximum absolute atomic E-state index is 11.9. The lowest BCUT2D eigenvalue weighted by molar-refractivity contribution is -0.174. The van der Waals surface area contributed by atoms with Gasteiger partial charge in [0.2, 0.25) is 0 Å². The van der Waals surface area contributed by atoms with Gasteiger partial charge < -0.3 is 10.1 Å². The van der Waals surface area contributed by atoms with Crippen LogP contribution in [-0.4, -0.2) is 31.5 Å². The summed E-state index contributed by atoms with van der Waals surface area (Å²) in [7, 11) is 0. The Kier molecular flexibility index (Phi) is 8.66. The lowest BCUT2D eigenvalue weighted by Crippen LogP contribution is -2.39. The van der Waals surface area contributed by atoms with Crippen LogP contribution < -0.4 is 5.32 Å². The molecular formula is C14H28F3NO. The Morgan fingerprint density at radius 1 is 1.11 bits per heavy atom. The number of hydrogen-bond donors (Lipinski definition) is 1. The Balaban J connectivity index is 3.76. The van der Waals surface area contributed by atoms with Gasteiger partial charge in [0.05, 0.1) is 0 Å². The van der Waals surface area contributed by atoms with E-state index in [9.17, 15) is 13.2 Å². The van der Waals surface area contributed by atoms with Gasteiger partial charge in [-0.15, -0.1) is 0 Å². The summed E-state index contributed by atoms with van der Waals surface area (Å²) in [6, 6.07) is 0. The molecule has 5 heteroatoms. The molecule has 2 nitrogen and oxygen atoms in total. The second kappa shape index (κ2) is 8.80. The lowest BCUT2D eigenvalue weighted by Gasteiger charge is -2.25. The van der Waals surface area contributed by atoms with Crippen LogP contribution in [0, 0.1) is 5.92 Å². The molecule has 1 atom stereocenters. The average Bonchev–Trinajstić information content (AvgIpc) is 2.22. The zero-order chi connectivity index (χ0) is 14.9. The number of rotatable bonds is 9. The third-order valence-corrected chi connectivity index (χ3v) is 2.78. The zero-order valence-corrected chi connectivity index (χ0v) is 12.6. The minimum absolute atomic E-state index is 0.0821. The first kappa shape index (κ1) is 18.7. The van der Waals surface area contributed by atoms with Crippen molar-refractivity contribution in [1.82, 2.24) is 5.32 Å². The summed E-state index contributed by atoms with van der Waals surface area (Å²) in [5, 5.41) is 3.45. The maximum Gasteiger partial charge on any atom is 0.411 e. The molecule has 0 saturated carbocycles. The summed E-state index contributed by atoms with van der Waals surface area (Å²) in [6.45, 7) is 8.44. The van der Waals surface area contributed by atoms with Crippen molar-refractivity contribution in [3.8, 4) is 0 Å². The SMILES string of the molecule is CCCC(CCCOCC(F)(F)F)CNC(C)(C)C. The molecule has 0 heterocycles. The molecular weight excluding hydrogens is 255 g/mol. The highest BCUT2D eigenvalue weighted by Crippen LogP contribution is 2.17. The predicted molar refractivity (Wildman–Crippen MR) is 72.3 cm³/mol. The normalized spacial score (nSPS) is 14.7. The van der Waals surface area contributed by atoms with E-state index >= 15 is 0 Å². The van der Waals surface area contributed by atoms with Crippen LogP contribution in [0.25, 0.3) is 0 Å². The lowest BCUT2D eigenvalue weighted by atomic mass is 9.96. The Morgan fingerprint density at radius 2 is 1.74 bits per heavy atom. The summed E-state index contributed by atoms with van der Waals surface area (Å²) in [5.74, 6) is 0.513. The predicted octanol–water partition coefficient (Wildman–Crippen LogP) is 4.15. The number of halogens is 3. The van der Waals surface area contributed by atoms with Gasteiger partial charge in [0, 0.05) is 12.1 Å². The molecule has 116 valence electrons. The summed E-state index contributed by atoms with van der Waals surface area (Å²) >= 11 is 0. The van der Waals surface area contributed by atoms with Crippen LogP contribution in [-0.2, 0) is 4.74 Å². The van der Waals surface area contributed by atoms with Gasteiger partial charge in [-0.25, -0.2) is 0 Å². The van der Waals surface area contributed by atoms with Crippen LogP contribution in [0.15, 0.2) is 0 Å². The van der Waals surface area contributed by atoms with E-state index in [-0.39, 0.29) is 12.1 Å². The zero-order valence-electron chi connectivity index (χ0n) is 12.6. The van der Waals surface area contributed by atoms with E-state index in [4.69, 9.17) is 0 Å². The Hall–Kier alpha value is -0.290. The van der Waals surface area contributed by atoms with Gasteiger partial charge in [0.15, 0.2) is 0 Å². The number of alkyl halides is 3. The first-order valence-electron chi connectivity index (χ1n) is 7.03. The minimum Gasteiger partial charge on any atom is -0.372 e. The van der Waals surface area contributed by atoms with Gasteiger partial charge in [-0.2, -0.15) is 13.2 Å². The van der Waals surface area contributed by atoms with Gasteiger partial charge in [0.25, 0.3) is 0 Å². The van der Waals surface area contributed by atoms with E-state index in [0.29, 0.717) is 12.3 Å². The van der Waals surface area contributed by atoms with Crippen molar-refractivity contribution in [1.29, 1.82) is 0 Å². The molecule has 0 spiro atoms. The Bertz CT molecular complexity index is 224. The summed E-state index contributed by atoms with van der Waals surface area (Å²) in [6.07, 6.45) is -0.416. The number of nitrogens with one attached hydrogen (secondary N) is 1. The molecule has 0 fully saturated rings. The van der Waals surface area contributed by atoms with Gasteiger partial charge in [-0.3, -0.25) is 0 Å². The number of ether oxygens (including phenoxy) is 1. The van der Waals surface area contributed by atoms with E-state index in [1.165, 1.54) is 0 Å². The molecule has 0 amide bonds. The van der Waals surface area contributed by atoms with Crippen molar-refractivity contribution >= 4 is 0 Å². The van der Waals surface area contributed by atoms with Gasteiger partial charge >= 0.3 is 6.18 Å². The van der Waals surface area contributed by atoms with E-state index < -0.39 is 12.8 Å². The van der Waals surface area contributed by atoms with Crippen molar-refractivity contribution in [2.45, 2.75) is 65.1 Å². The highest BCUT2D eigenvalue weighted by Gasteiger charge is 2.27. The van der Waals surface area contributed by atoms with Crippen molar-refractivity contribution in [2.75, 3.05) is 19.8 Å². The van der Waals surface area contributed by atoms with E-state index in [1.54, 1.807) is 0 Å². The molecule has 1 unspecified atom stereocenters. The van der Waals surface area contributed by atoms with Crippen LogP contribution in [0.5, 0.6) is 0 Å². The van der Waals surface area contributed by atoms with Crippen LogP contribution in [0.3, 0.4) is 0 Å². The third kappa shape index (κ3) is 13.9. The molecule has 0 rings (SSSR count). The van der Waals surface area contributed by atoms with E-state index in [2.05, 4.69) is 37.7 Å². The Morgan fingerprint density at radius 3 is 2.21 bits per heavy atom. The van der Waals surface area contributed by atoms with E-state index in [1.807, 2.05) is 0 Å². The second-order valence-electron chi connectivity index (χ2n) is 6.10. The fourth-order valence-corrected chi connectivity index (χ4v) is 1.87. The topological polar surface area (TPSA) is 21.3 Å². The standard InChI is InChI=1S/C14H28F3NO/c1-5-7-12(10-18-13(2,3)4)8-6-9-19-11-14(15,16)17/h12,18H,5-11H2,1-4H3. The fraction of sp³-hybridized carbons (Fsp3) is 1.00. The fourth-order valence-electron chi connectivity index (χ4n) is 1.87. The largest absolute Gasteiger partial charge is 0.411 e. The molecule has 0 aliphatic heterocycles. The first-order chi connectivity index (χ1) is 8.64. The molecule has 0 aromatic heterocycles. The van der Waals surface area contributed by atoms with Crippen LogP contribution >= 0.6 is 0 Å². The summed E-state index contributed by atoms with van der Waals surface area (Å²) in [4.78, 5) is 0. The monoisotopic (exact) mass is 283 g/mol. The van der Waals surface area contributed by atoms with Crippen molar-refractivity contribution in [3.63, 3.8) is 0 Å².